The molecule has 164 valence electrons. The van der Waals surface area contributed by atoms with Gasteiger partial charge in [0.1, 0.15) is 6.54 Å². The van der Waals surface area contributed by atoms with Crippen molar-refractivity contribution in [1.82, 2.24) is 19.7 Å². The molecule has 7 nitrogen and oxygen atoms in total. The van der Waals surface area contributed by atoms with Gasteiger partial charge in [0.05, 0.1) is 22.9 Å². The molecule has 1 aliphatic rings. The Morgan fingerprint density at radius 2 is 1.91 bits per heavy atom. The summed E-state index contributed by atoms with van der Waals surface area (Å²) in [5.74, 6) is -0.118. The fourth-order valence-electron chi connectivity index (χ4n) is 3.55. The molecule has 0 bridgehead atoms. The van der Waals surface area contributed by atoms with Crippen molar-refractivity contribution in [2.75, 3.05) is 17.6 Å². The summed E-state index contributed by atoms with van der Waals surface area (Å²) in [6, 6.07) is 12.3. The molecule has 0 unspecified atom stereocenters. The summed E-state index contributed by atoms with van der Waals surface area (Å²) < 4.78 is 40.2. The van der Waals surface area contributed by atoms with Crippen LogP contribution in [0.1, 0.15) is 23.2 Å². The fraction of sp³-hybridized carbons (Fsp3) is 0.227. The molecule has 4 N–H and O–H groups in total. The van der Waals surface area contributed by atoms with Gasteiger partial charge in [-0.05, 0) is 43.2 Å². The van der Waals surface area contributed by atoms with Gasteiger partial charge in [0.2, 0.25) is 0 Å². The Hall–Kier alpha value is -3.82. The zero-order valence-corrected chi connectivity index (χ0v) is 16.8. The average Bonchev–Trinajstić information content (AvgIpc) is 3.45. The van der Waals surface area contributed by atoms with Crippen molar-refractivity contribution in [3.8, 4) is 11.3 Å². The lowest BCUT2D eigenvalue weighted by Crippen LogP contribution is -2.25. The SMILES string of the molecule is Nc1ccc2c(c1)nc(NCC(F)(F)F)c1ncc(-c3ccc(C(=O)NC4CC4)cc3)n12. The normalized spacial score (nSPS) is 14.1. The van der Waals surface area contributed by atoms with Crippen molar-refractivity contribution in [3.63, 3.8) is 0 Å². The molecule has 4 aromatic rings. The molecule has 0 radical (unpaired) electrons. The molecule has 2 heterocycles. The van der Waals surface area contributed by atoms with Crippen LogP contribution in [0.2, 0.25) is 0 Å². The molecule has 0 atom stereocenters. The van der Waals surface area contributed by atoms with E-state index in [1.807, 2.05) is 0 Å². The highest BCUT2D eigenvalue weighted by Gasteiger charge is 2.28. The second kappa shape index (κ2) is 7.40. The van der Waals surface area contributed by atoms with Gasteiger partial charge >= 0.3 is 6.18 Å². The van der Waals surface area contributed by atoms with Crippen LogP contribution in [0.4, 0.5) is 24.7 Å². The number of carbonyl (C=O) groups is 1. The lowest BCUT2D eigenvalue weighted by Gasteiger charge is -2.13. The Labute approximate surface area is 180 Å². The first kappa shape index (κ1) is 20.1. The molecule has 10 heteroatoms. The van der Waals surface area contributed by atoms with Crippen LogP contribution in [0.5, 0.6) is 0 Å². The van der Waals surface area contributed by atoms with Crippen LogP contribution in [0, 0.1) is 0 Å². The highest BCUT2D eigenvalue weighted by molar-refractivity contribution is 5.95. The topological polar surface area (TPSA) is 97.3 Å². The summed E-state index contributed by atoms with van der Waals surface area (Å²) in [5, 5.41) is 5.28. The monoisotopic (exact) mass is 440 g/mol. The molecule has 1 amide bonds. The maximum atomic E-state index is 12.8. The van der Waals surface area contributed by atoms with Crippen LogP contribution in [0.25, 0.3) is 27.9 Å². The minimum atomic E-state index is -4.41. The fourth-order valence-corrected chi connectivity index (χ4v) is 3.55. The van der Waals surface area contributed by atoms with E-state index >= 15 is 0 Å². The molecular formula is C22H19F3N6O. The Morgan fingerprint density at radius 3 is 2.59 bits per heavy atom. The third-order valence-electron chi connectivity index (χ3n) is 5.26. The number of alkyl halides is 3. The van der Waals surface area contributed by atoms with E-state index < -0.39 is 12.7 Å². The maximum absolute atomic E-state index is 12.8. The summed E-state index contributed by atoms with van der Waals surface area (Å²) in [6.07, 6.45) is -0.829. The first-order valence-electron chi connectivity index (χ1n) is 10.1. The Kier molecular flexibility index (Phi) is 4.65. The van der Waals surface area contributed by atoms with E-state index in [-0.39, 0.29) is 23.4 Å². The number of nitrogens with one attached hydrogen (secondary N) is 2. The van der Waals surface area contributed by atoms with Crippen molar-refractivity contribution in [3.05, 3.63) is 54.2 Å². The zero-order chi connectivity index (χ0) is 22.5. The first-order chi connectivity index (χ1) is 15.3. The molecule has 1 aliphatic carbocycles. The van der Waals surface area contributed by atoms with Gasteiger partial charge in [0.25, 0.3) is 5.91 Å². The van der Waals surface area contributed by atoms with E-state index in [2.05, 4.69) is 20.6 Å². The summed E-state index contributed by atoms with van der Waals surface area (Å²) in [5.41, 5.74) is 9.60. The van der Waals surface area contributed by atoms with Gasteiger partial charge in [-0.3, -0.25) is 9.20 Å². The van der Waals surface area contributed by atoms with Crippen LogP contribution in [0.3, 0.4) is 0 Å². The number of nitrogen functional groups attached to an aromatic ring is 1. The molecule has 0 saturated heterocycles. The largest absolute Gasteiger partial charge is 0.405 e. The van der Waals surface area contributed by atoms with E-state index in [9.17, 15) is 18.0 Å². The molecule has 32 heavy (non-hydrogen) atoms. The Morgan fingerprint density at radius 1 is 1.16 bits per heavy atom. The smallest absolute Gasteiger partial charge is 0.399 e. The predicted molar refractivity (Wildman–Crippen MR) is 115 cm³/mol. The quantitative estimate of drug-likeness (QED) is 0.408. The Balaban J connectivity index is 1.59. The molecule has 0 spiro atoms. The zero-order valence-electron chi connectivity index (χ0n) is 16.8. The number of hydrogen-bond acceptors (Lipinski definition) is 5. The number of benzene rings is 2. The number of halogens is 3. The highest BCUT2D eigenvalue weighted by Crippen LogP contribution is 2.30. The number of aromatic nitrogens is 3. The third kappa shape index (κ3) is 3.91. The van der Waals surface area contributed by atoms with Gasteiger partial charge < -0.3 is 16.4 Å². The summed E-state index contributed by atoms with van der Waals surface area (Å²) in [7, 11) is 0. The molecule has 0 aliphatic heterocycles. The second-order valence-corrected chi connectivity index (χ2v) is 7.80. The van der Waals surface area contributed by atoms with Crippen LogP contribution in [-0.4, -0.2) is 39.0 Å². The van der Waals surface area contributed by atoms with Crippen molar-refractivity contribution in [2.24, 2.45) is 0 Å². The van der Waals surface area contributed by atoms with E-state index in [4.69, 9.17) is 5.73 Å². The summed E-state index contributed by atoms with van der Waals surface area (Å²) >= 11 is 0. The third-order valence-corrected chi connectivity index (χ3v) is 5.26. The molecule has 5 rings (SSSR count). The molecule has 1 saturated carbocycles. The summed E-state index contributed by atoms with van der Waals surface area (Å²) in [6.45, 7) is -1.24. The van der Waals surface area contributed by atoms with Crippen LogP contribution in [0.15, 0.2) is 48.7 Å². The number of amides is 1. The van der Waals surface area contributed by atoms with Crippen molar-refractivity contribution in [1.29, 1.82) is 0 Å². The van der Waals surface area contributed by atoms with Crippen molar-refractivity contribution >= 4 is 34.1 Å². The maximum Gasteiger partial charge on any atom is 0.405 e. The van der Waals surface area contributed by atoms with Crippen LogP contribution < -0.4 is 16.4 Å². The number of imidazole rings is 1. The van der Waals surface area contributed by atoms with E-state index in [1.54, 1.807) is 53.1 Å². The number of fused-ring (bicyclic) bond motifs is 3. The number of hydrogen-bond donors (Lipinski definition) is 3. The number of carbonyl (C=O) groups excluding carboxylic acids is 1. The van der Waals surface area contributed by atoms with Crippen molar-refractivity contribution in [2.45, 2.75) is 25.1 Å². The lowest BCUT2D eigenvalue weighted by atomic mass is 10.1. The van der Waals surface area contributed by atoms with E-state index in [0.29, 0.717) is 28.0 Å². The van der Waals surface area contributed by atoms with E-state index in [1.165, 1.54) is 0 Å². The Bertz CT molecular complexity index is 1330. The van der Waals surface area contributed by atoms with Gasteiger partial charge in [0, 0.05) is 22.9 Å². The number of nitrogens with two attached hydrogens (primary N) is 1. The van der Waals surface area contributed by atoms with Crippen LogP contribution >= 0.6 is 0 Å². The minimum absolute atomic E-state index is 0.00658. The minimum Gasteiger partial charge on any atom is -0.399 e. The predicted octanol–water partition coefficient (Wildman–Crippen LogP) is 4.00. The van der Waals surface area contributed by atoms with Gasteiger partial charge in [0.15, 0.2) is 11.5 Å². The number of rotatable bonds is 5. The molecule has 1 fully saturated rings. The molecular weight excluding hydrogens is 421 g/mol. The second-order valence-electron chi connectivity index (χ2n) is 7.80. The first-order valence-corrected chi connectivity index (χ1v) is 10.1. The van der Waals surface area contributed by atoms with Crippen molar-refractivity contribution < 1.29 is 18.0 Å². The summed E-state index contributed by atoms with van der Waals surface area (Å²) in [4.78, 5) is 20.9. The van der Waals surface area contributed by atoms with Gasteiger partial charge in [-0.15, -0.1) is 0 Å². The lowest BCUT2D eigenvalue weighted by molar-refractivity contribution is -0.115. The number of nitrogens with zero attached hydrogens (tertiary/aromatic N) is 3. The molecule has 2 aromatic heterocycles. The number of anilines is 2. The highest BCUT2D eigenvalue weighted by atomic mass is 19.4. The molecule has 2 aromatic carbocycles. The van der Waals surface area contributed by atoms with Gasteiger partial charge in [-0.2, -0.15) is 13.2 Å². The average molecular weight is 440 g/mol. The van der Waals surface area contributed by atoms with E-state index in [0.717, 1.165) is 18.4 Å². The van der Waals surface area contributed by atoms with Crippen LogP contribution in [-0.2, 0) is 0 Å². The standard InChI is InChI=1S/C22H19F3N6O/c23-22(24,25)11-28-19-20-27-10-18(31(20)17-8-5-14(26)9-16(17)30-19)12-1-3-13(4-2-12)21(32)29-15-6-7-15/h1-5,8-10,15H,6-7,11,26H2,(H,28,30)(H,29,32). The van der Waals surface area contributed by atoms with Gasteiger partial charge in [-0.25, -0.2) is 9.97 Å². The van der Waals surface area contributed by atoms with Gasteiger partial charge in [-0.1, -0.05) is 12.1 Å².